The van der Waals surface area contributed by atoms with E-state index in [-0.39, 0.29) is 5.41 Å². The van der Waals surface area contributed by atoms with Gasteiger partial charge in [-0.1, -0.05) is 24.2 Å². The molecule has 6 nitrogen and oxygen atoms in total. The lowest BCUT2D eigenvalue weighted by molar-refractivity contribution is -0.122. The van der Waals surface area contributed by atoms with Crippen LogP contribution >= 0.6 is 0 Å². The van der Waals surface area contributed by atoms with Crippen LogP contribution < -0.4 is 0 Å². The highest BCUT2D eigenvalue weighted by Gasteiger charge is 2.67. The first-order valence-corrected chi connectivity index (χ1v) is 21.5. The second kappa shape index (κ2) is 10.4. The van der Waals surface area contributed by atoms with Crippen molar-refractivity contribution in [3.8, 4) is 0 Å². The summed E-state index contributed by atoms with van der Waals surface area (Å²) in [6, 6.07) is 0. The lowest BCUT2D eigenvalue weighted by Gasteiger charge is -2.62. The van der Waals surface area contributed by atoms with Crippen LogP contribution in [0.2, 0.25) is 39.3 Å². The van der Waals surface area contributed by atoms with Crippen molar-refractivity contribution in [2.45, 2.75) is 117 Å². The van der Waals surface area contributed by atoms with Crippen molar-refractivity contribution in [2.75, 3.05) is 20.8 Å². The van der Waals surface area contributed by atoms with Crippen molar-refractivity contribution in [1.29, 1.82) is 0 Å². The van der Waals surface area contributed by atoms with Crippen molar-refractivity contribution in [3.05, 3.63) is 0 Å². The van der Waals surface area contributed by atoms with Gasteiger partial charge in [0.05, 0.1) is 12.3 Å². The smallest absolute Gasteiger partial charge is 0.185 e. The SMILES string of the molecule is CO/N=C1\CCC2(C)C(CCC3C2CCC2(C)C3CCC2(O[Si](C)(C)C)/C(CO[Si](C)(C)C)=N/OC)C1. The van der Waals surface area contributed by atoms with Crippen LogP contribution in [0.3, 0.4) is 0 Å². The quantitative estimate of drug-likeness (QED) is 0.179. The van der Waals surface area contributed by atoms with E-state index in [2.05, 4.69) is 58.3 Å². The summed E-state index contributed by atoms with van der Waals surface area (Å²) in [5, 5.41) is 9.07. The Balaban J connectivity index is 1.68. The van der Waals surface area contributed by atoms with E-state index in [4.69, 9.17) is 23.7 Å². The zero-order valence-electron chi connectivity index (χ0n) is 25.4. The number of fused-ring (bicyclic) bond motifs is 5. The normalized spacial score (nSPS) is 41.7. The number of hydrogen-bond acceptors (Lipinski definition) is 6. The summed E-state index contributed by atoms with van der Waals surface area (Å²) < 4.78 is 13.8. The molecule has 7 atom stereocenters. The zero-order chi connectivity index (χ0) is 27.3. The molecule has 0 heterocycles. The molecule has 0 bridgehead atoms. The van der Waals surface area contributed by atoms with E-state index in [9.17, 15) is 0 Å². The van der Waals surface area contributed by atoms with Crippen molar-refractivity contribution >= 4 is 28.1 Å². The van der Waals surface area contributed by atoms with E-state index < -0.39 is 22.2 Å². The maximum Gasteiger partial charge on any atom is 0.185 e. The van der Waals surface area contributed by atoms with E-state index in [1.807, 2.05) is 0 Å². The number of oxime groups is 2. The lowest BCUT2D eigenvalue weighted by atomic mass is 9.44. The molecular formula is C29H54N2O4Si2. The topological polar surface area (TPSA) is 61.6 Å². The minimum Gasteiger partial charge on any atom is -0.412 e. The Morgan fingerprint density at radius 3 is 2.19 bits per heavy atom. The molecule has 4 fully saturated rings. The Labute approximate surface area is 228 Å². The molecule has 0 N–H and O–H groups in total. The predicted molar refractivity (Wildman–Crippen MR) is 157 cm³/mol. The highest BCUT2D eigenvalue weighted by atomic mass is 28.4. The Bertz CT molecular complexity index is 897. The van der Waals surface area contributed by atoms with E-state index in [1.54, 1.807) is 14.2 Å². The first kappa shape index (κ1) is 29.3. The van der Waals surface area contributed by atoms with Crippen molar-refractivity contribution in [1.82, 2.24) is 0 Å². The van der Waals surface area contributed by atoms with Gasteiger partial charge in [0.15, 0.2) is 16.6 Å². The summed E-state index contributed by atoms with van der Waals surface area (Å²) in [6.07, 6.45) is 10.8. The molecule has 0 amide bonds. The average molecular weight is 551 g/mol. The van der Waals surface area contributed by atoms with Gasteiger partial charge in [-0.05, 0) is 126 Å². The fourth-order valence-corrected chi connectivity index (χ4v) is 11.2. The molecular weight excluding hydrogens is 497 g/mol. The van der Waals surface area contributed by atoms with Gasteiger partial charge in [0.1, 0.15) is 25.5 Å². The van der Waals surface area contributed by atoms with Gasteiger partial charge in [-0.25, -0.2) is 0 Å². The molecule has 212 valence electrons. The summed E-state index contributed by atoms with van der Waals surface area (Å²) in [7, 11) is -0.260. The Morgan fingerprint density at radius 1 is 0.865 bits per heavy atom. The van der Waals surface area contributed by atoms with Gasteiger partial charge in [0.2, 0.25) is 0 Å². The zero-order valence-corrected chi connectivity index (χ0v) is 27.4. The monoisotopic (exact) mass is 550 g/mol. The average Bonchev–Trinajstić information content (AvgIpc) is 3.08. The second-order valence-electron chi connectivity index (χ2n) is 14.9. The van der Waals surface area contributed by atoms with Gasteiger partial charge in [-0.3, -0.25) is 0 Å². The van der Waals surface area contributed by atoms with Gasteiger partial charge >= 0.3 is 0 Å². The van der Waals surface area contributed by atoms with Crippen molar-refractivity contribution < 1.29 is 18.5 Å². The van der Waals surface area contributed by atoms with Crippen LogP contribution in [0.1, 0.15) is 71.6 Å². The molecule has 7 unspecified atom stereocenters. The molecule has 0 aromatic rings. The summed E-state index contributed by atoms with van der Waals surface area (Å²) in [5.41, 5.74) is 2.34. The molecule has 0 saturated heterocycles. The Morgan fingerprint density at radius 2 is 1.57 bits per heavy atom. The first-order valence-electron chi connectivity index (χ1n) is 14.7. The van der Waals surface area contributed by atoms with Gasteiger partial charge in [-0.15, -0.1) is 0 Å². The molecule has 0 radical (unpaired) electrons. The minimum atomic E-state index is -1.89. The van der Waals surface area contributed by atoms with Crippen molar-refractivity contribution in [3.63, 3.8) is 0 Å². The number of rotatable bonds is 8. The van der Waals surface area contributed by atoms with Crippen LogP contribution in [0.5, 0.6) is 0 Å². The molecule has 37 heavy (non-hydrogen) atoms. The third-order valence-electron chi connectivity index (χ3n) is 10.6. The third kappa shape index (κ3) is 5.38. The lowest BCUT2D eigenvalue weighted by Crippen LogP contribution is -2.62. The predicted octanol–water partition coefficient (Wildman–Crippen LogP) is 7.48. The van der Waals surface area contributed by atoms with Gasteiger partial charge in [0.25, 0.3) is 0 Å². The highest BCUT2D eigenvalue weighted by molar-refractivity contribution is 6.70. The maximum absolute atomic E-state index is 7.33. The first-order chi connectivity index (χ1) is 17.2. The molecule has 4 rings (SSSR count). The van der Waals surface area contributed by atoms with E-state index >= 15 is 0 Å². The minimum absolute atomic E-state index is 0.0507. The van der Waals surface area contributed by atoms with E-state index in [0.717, 1.165) is 42.7 Å². The fourth-order valence-electron chi connectivity index (χ4n) is 9.11. The maximum atomic E-state index is 7.33. The third-order valence-corrected chi connectivity index (χ3v) is 12.6. The largest absolute Gasteiger partial charge is 0.412 e. The summed E-state index contributed by atoms with van der Waals surface area (Å²) >= 11 is 0. The molecule has 8 heteroatoms. The standard InChI is InChI=1S/C29H54N2O4Si2/c1-27-16-13-22(30-32-3)19-21(27)11-12-23-24(27)14-17-28(2)25(23)15-18-29(28,35-37(8,9)10)26(31-33-4)20-34-36(5,6)7/h21,23-25H,11-20H2,1-10H3/b30-22+,31-26+. The number of hydrogen-bond donors (Lipinski definition) is 0. The molecule has 4 aliphatic rings. The molecule has 0 aromatic carbocycles. The van der Waals surface area contributed by atoms with Crippen LogP contribution in [-0.4, -0.2) is 54.5 Å². The molecule has 0 aliphatic heterocycles. The molecule has 0 spiro atoms. The fraction of sp³-hybridized carbons (Fsp3) is 0.931. The van der Waals surface area contributed by atoms with E-state index in [0.29, 0.717) is 17.9 Å². The molecule has 0 aromatic heterocycles. The van der Waals surface area contributed by atoms with Gasteiger partial charge in [-0.2, -0.15) is 0 Å². The van der Waals surface area contributed by atoms with Gasteiger partial charge in [0, 0.05) is 5.41 Å². The molecule has 4 saturated carbocycles. The Kier molecular flexibility index (Phi) is 8.20. The Hall–Kier alpha value is -0.706. The van der Waals surface area contributed by atoms with Crippen LogP contribution in [-0.2, 0) is 18.5 Å². The van der Waals surface area contributed by atoms with Crippen LogP contribution in [0.4, 0.5) is 0 Å². The van der Waals surface area contributed by atoms with Crippen LogP contribution in [0.15, 0.2) is 10.3 Å². The van der Waals surface area contributed by atoms with Crippen LogP contribution in [0, 0.1) is 34.5 Å². The highest BCUT2D eigenvalue weighted by Crippen LogP contribution is 2.69. The van der Waals surface area contributed by atoms with Gasteiger partial charge < -0.3 is 18.5 Å². The summed E-state index contributed by atoms with van der Waals surface area (Å²) in [4.78, 5) is 10.7. The van der Waals surface area contributed by atoms with Crippen molar-refractivity contribution in [2.24, 2.45) is 44.8 Å². The summed E-state index contributed by atoms with van der Waals surface area (Å²) in [6.45, 7) is 19.4. The molecule has 4 aliphatic carbocycles. The number of nitrogens with zero attached hydrogens (tertiary/aromatic N) is 2. The van der Waals surface area contributed by atoms with Crippen LogP contribution in [0.25, 0.3) is 0 Å². The van der Waals surface area contributed by atoms with E-state index in [1.165, 1.54) is 44.2 Å². The second-order valence-corrected chi connectivity index (χ2v) is 23.8. The summed E-state index contributed by atoms with van der Waals surface area (Å²) in [5.74, 6) is 2.94.